The monoisotopic (exact) mass is 464 g/mol. The van der Waals surface area contributed by atoms with Gasteiger partial charge in [0.1, 0.15) is 0 Å². The molecule has 0 aliphatic rings. The number of primary amides is 1. The SMILES string of the molecule is CC(Sc1nc2cc(Cl)ccc2n1Cc1ccccc1)C(=O)Nc1ccc(C(N)=O)cc1. The number of nitrogens with zero attached hydrogens (tertiary/aromatic N) is 2. The van der Waals surface area contributed by atoms with Crippen LogP contribution in [0.25, 0.3) is 11.0 Å². The Labute approximate surface area is 194 Å². The number of thioether (sulfide) groups is 1. The third-order valence-corrected chi connectivity index (χ3v) is 6.27. The molecule has 8 heteroatoms. The summed E-state index contributed by atoms with van der Waals surface area (Å²) in [6, 6.07) is 22.2. The van der Waals surface area contributed by atoms with Gasteiger partial charge in [-0.05, 0) is 55.0 Å². The molecule has 1 aromatic heterocycles. The molecule has 0 radical (unpaired) electrons. The van der Waals surface area contributed by atoms with Crippen molar-refractivity contribution in [3.05, 3.63) is 88.9 Å². The van der Waals surface area contributed by atoms with Crippen molar-refractivity contribution in [2.24, 2.45) is 5.73 Å². The molecule has 0 spiro atoms. The number of benzene rings is 3. The van der Waals surface area contributed by atoms with Gasteiger partial charge >= 0.3 is 0 Å². The number of fused-ring (bicyclic) bond motifs is 1. The normalized spacial score (nSPS) is 11.9. The van der Waals surface area contributed by atoms with Crippen molar-refractivity contribution in [3.63, 3.8) is 0 Å². The Morgan fingerprint density at radius 3 is 2.50 bits per heavy atom. The number of amides is 2. The molecule has 4 rings (SSSR count). The van der Waals surface area contributed by atoms with Crippen LogP contribution in [0.15, 0.2) is 78.0 Å². The zero-order valence-corrected chi connectivity index (χ0v) is 18.9. The van der Waals surface area contributed by atoms with Crippen LogP contribution >= 0.6 is 23.4 Å². The van der Waals surface area contributed by atoms with Gasteiger partial charge in [-0.15, -0.1) is 0 Å². The Morgan fingerprint density at radius 1 is 1.09 bits per heavy atom. The summed E-state index contributed by atoms with van der Waals surface area (Å²) in [7, 11) is 0. The number of anilines is 1. The van der Waals surface area contributed by atoms with E-state index in [4.69, 9.17) is 22.3 Å². The van der Waals surface area contributed by atoms with Gasteiger partial charge < -0.3 is 15.6 Å². The van der Waals surface area contributed by atoms with E-state index in [1.54, 1.807) is 24.3 Å². The molecule has 1 atom stereocenters. The molecular formula is C24H21ClN4O2S. The quantitative estimate of drug-likeness (QED) is 0.378. The highest BCUT2D eigenvalue weighted by Crippen LogP contribution is 2.30. The minimum atomic E-state index is -0.510. The van der Waals surface area contributed by atoms with Gasteiger partial charge in [0, 0.05) is 16.3 Å². The molecule has 0 aliphatic carbocycles. The fourth-order valence-electron chi connectivity index (χ4n) is 3.26. The van der Waals surface area contributed by atoms with Crippen LogP contribution in [0.5, 0.6) is 0 Å². The molecule has 2 amide bonds. The molecule has 1 heterocycles. The Kier molecular flexibility index (Phi) is 6.48. The Hall–Kier alpha value is -3.29. The molecule has 0 fully saturated rings. The average Bonchev–Trinajstić information content (AvgIpc) is 3.10. The van der Waals surface area contributed by atoms with E-state index in [2.05, 4.69) is 22.0 Å². The fraction of sp³-hybridized carbons (Fsp3) is 0.125. The van der Waals surface area contributed by atoms with Gasteiger partial charge in [-0.1, -0.05) is 53.7 Å². The summed E-state index contributed by atoms with van der Waals surface area (Å²) in [6.07, 6.45) is 0. The standard InChI is InChI=1S/C24H21ClN4O2S/c1-15(23(31)27-19-10-7-17(8-11-19)22(26)30)32-24-28-20-13-18(25)9-12-21(20)29(24)14-16-5-3-2-4-6-16/h2-13,15H,14H2,1H3,(H2,26,30)(H,27,31). The molecule has 1 unspecified atom stereocenters. The van der Waals surface area contributed by atoms with Crippen LogP contribution in [0.4, 0.5) is 5.69 Å². The van der Waals surface area contributed by atoms with E-state index in [-0.39, 0.29) is 5.91 Å². The first kappa shape index (κ1) is 21.9. The molecule has 162 valence electrons. The van der Waals surface area contributed by atoms with Gasteiger partial charge in [0.15, 0.2) is 5.16 Å². The second-order valence-corrected chi connectivity index (χ2v) is 9.03. The summed E-state index contributed by atoms with van der Waals surface area (Å²) < 4.78 is 2.09. The third-order valence-electron chi connectivity index (χ3n) is 4.95. The van der Waals surface area contributed by atoms with Crippen molar-refractivity contribution >= 4 is 51.9 Å². The summed E-state index contributed by atoms with van der Waals surface area (Å²) >= 11 is 7.55. The maximum Gasteiger partial charge on any atom is 0.248 e. The Balaban J connectivity index is 1.56. The lowest BCUT2D eigenvalue weighted by atomic mass is 10.2. The second-order valence-electron chi connectivity index (χ2n) is 7.29. The zero-order chi connectivity index (χ0) is 22.7. The predicted molar refractivity (Wildman–Crippen MR) is 129 cm³/mol. The molecule has 32 heavy (non-hydrogen) atoms. The maximum atomic E-state index is 12.8. The van der Waals surface area contributed by atoms with Crippen molar-refractivity contribution < 1.29 is 9.59 Å². The summed E-state index contributed by atoms with van der Waals surface area (Å²) in [5.74, 6) is -0.678. The maximum absolute atomic E-state index is 12.8. The largest absolute Gasteiger partial charge is 0.366 e. The van der Waals surface area contributed by atoms with E-state index in [0.717, 1.165) is 21.8 Å². The van der Waals surface area contributed by atoms with E-state index in [1.807, 2.05) is 43.3 Å². The van der Waals surface area contributed by atoms with Crippen LogP contribution in [0.2, 0.25) is 5.02 Å². The second kappa shape index (κ2) is 9.46. The summed E-state index contributed by atoms with van der Waals surface area (Å²) in [5, 5.41) is 3.81. The van der Waals surface area contributed by atoms with Crippen LogP contribution in [0.3, 0.4) is 0 Å². The lowest BCUT2D eigenvalue weighted by Gasteiger charge is -2.14. The number of imidazole rings is 1. The minimum Gasteiger partial charge on any atom is -0.366 e. The van der Waals surface area contributed by atoms with Crippen molar-refractivity contribution in [3.8, 4) is 0 Å². The number of rotatable bonds is 7. The molecule has 3 aromatic carbocycles. The van der Waals surface area contributed by atoms with Crippen molar-refractivity contribution in [2.75, 3.05) is 5.32 Å². The Bertz CT molecular complexity index is 1270. The zero-order valence-electron chi connectivity index (χ0n) is 17.3. The number of nitrogens with two attached hydrogens (primary N) is 1. The molecule has 0 saturated heterocycles. The molecule has 0 saturated carbocycles. The molecule has 0 bridgehead atoms. The van der Waals surface area contributed by atoms with Gasteiger partial charge in [-0.2, -0.15) is 0 Å². The number of nitrogens with one attached hydrogen (secondary N) is 1. The van der Waals surface area contributed by atoms with E-state index in [0.29, 0.717) is 22.8 Å². The van der Waals surface area contributed by atoms with Gasteiger partial charge in [-0.25, -0.2) is 4.98 Å². The molecular weight excluding hydrogens is 444 g/mol. The molecule has 3 N–H and O–H groups in total. The first-order valence-electron chi connectivity index (χ1n) is 9.98. The lowest BCUT2D eigenvalue weighted by Crippen LogP contribution is -2.23. The van der Waals surface area contributed by atoms with Crippen LogP contribution in [-0.4, -0.2) is 26.6 Å². The smallest absolute Gasteiger partial charge is 0.248 e. The van der Waals surface area contributed by atoms with E-state index < -0.39 is 11.2 Å². The fourth-order valence-corrected chi connectivity index (χ4v) is 4.35. The van der Waals surface area contributed by atoms with Crippen molar-refractivity contribution in [1.82, 2.24) is 9.55 Å². The number of hydrogen-bond donors (Lipinski definition) is 2. The van der Waals surface area contributed by atoms with Crippen molar-refractivity contribution in [2.45, 2.75) is 23.9 Å². The van der Waals surface area contributed by atoms with Crippen LogP contribution in [0, 0.1) is 0 Å². The first-order chi connectivity index (χ1) is 15.4. The lowest BCUT2D eigenvalue weighted by molar-refractivity contribution is -0.115. The van der Waals surface area contributed by atoms with Crippen LogP contribution in [0.1, 0.15) is 22.8 Å². The van der Waals surface area contributed by atoms with Crippen LogP contribution in [-0.2, 0) is 11.3 Å². The number of aromatic nitrogens is 2. The van der Waals surface area contributed by atoms with Gasteiger partial charge in [0.2, 0.25) is 11.8 Å². The topological polar surface area (TPSA) is 90.0 Å². The molecule has 6 nitrogen and oxygen atoms in total. The molecule has 4 aromatic rings. The van der Waals surface area contributed by atoms with Crippen molar-refractivity contribution in [1.29, 1.82) is 0 Å². The highest BCUT2D eigenvalue weighted by molar-refractivity contribution is 8.00. The van der Waals surface area contributed by atoms with Crippen LogP contribution < -0.4 is 11.1 Å². The highest BCUT2D eigenvalue weighted by atomic mass is 35.5. The molecule has 0 aliphatic heterocycles. The third kappa shape index (κ3) is 4.95. The number of hydrogen-bond acceptors (Lipinski definition) is 4. The van der Waals surface area contributed by atoms with E-state index >= 15 is 0 Å². The summed E-state index contributed by atoms with van der Waals surface area (Å²) in [4.78, 5) is 28.8. The van der Waals surface area contributed by atoms with Gasteiger partial charge in [0.25, 0.3) is 0 Å². The predicted octanol–water partition coefficient (Wildman–Crippen LogP) is 4.96. The van der Waals surface area contributed by atoms with Gasteiger partial charge in [-0.3, -0.25) is 9.59 Å². The summed E-state index contributed by atoms with van der Waals surface area (Å²) in [5.41, 5.74) is 9.12. The number of carbonyl (C=O) groups excluding carboxylic acids is 2. The average molecular weight is 465 g/mol. The van der Waals surface area contributed by atoms with E-state index in [1.165, 1.54) is 11.8 Å². The summed E-state index contributed by atoms with van der Waals surface area (Å²) in [6.45, 7) is 2.46. The Morgan fingerprint density at radius 2 is 1.81 bits per heavy atom. The minimum absolute atomic E-state index is 0.168. The number of halogens is 1. The highest BCUT2D eigenvalue weighted by Gasteiger charge is 2.20. The first-order valence-corrected chi connectivity index (χ1v) is 11.2. The van der Waals surface area contributed by atoms with Gasteiger partial charge in [0.05, 0.1) is 22.8 Å². The van der Waals surface area contributed by atoms with E-state index in [9.17, 15) is 9.59 Å². The number of carbonyl (C=O) groups is 2.